The van der Waals surface area contributed by atoms with E-state index in [1.54, 1.807) is 0 Å². The van der Waals surface area contributed by atoms with Crippen molar-refractivity contribution in [1.29, 1.82) is 0 Å². The fourth-order valence-electron chi connectivity index (χ4n) is 2.21. The van der Waals surface area contributed by atoms with Crippen LogP contribution < -0.4 is 10.9 Å². The quantitative estimate of drug-likeness (QED) is 0.681. The van der Waals surface area contributed by atoms with E-state index in [0.717, 1.165) is 16.5 Å². The zero-order chi connectivity index (χ0) is 14.7. The van der Waals surface area contributed by atoms with Crippen molar-refractivity contribution in [2.75, 3.05) is 5.32 Å². The Bertz CT molecular complexity index is 814. The molecular formula is C15H14N4O2. The third kappa shape index (κ3) is 3.00. The molecule has 0 saturated heterocycles. The Balaban J connectivity index is 1.63. The normalized spacial score (nSPS) is 10.7. The molecule has 0 radical (unpaired) electrons. The average Bonchev–Trinajstić information content (AvgIpc) is 2.91. The molecule has 2 heterocycles. The number of aromatic nitrogens is 3. The van der Waals surface area contributed by atoms with Gasteiger partial charge in [-0.2, -0.15) is 5.10 Å². The molecule has 0 unspecified atom stereocenters. The Kier molecular flexibility index (Phi) is 3.51. The maximum atomic E-state index is 11.9. The van der Waals surface area contributed by atoms with Crippen LogP contribution in [0.4, 0.5) is 5.82 Å². The van der Waals surface area contributed by atoms with Crippen molar-refractivity contribution in [1.82, 2.24) is 15.2 Å². The summed E-state index contributed by atoms with van der Waals surface area (Å²) in [6.07, 6.45) is 2.91. The molecule has 0 aliphatic carbocycles. The Hall–Kier alpha value is -2.89. The summed E-state index contributed by atoms with van der Waals surface area (Å²) in [6, 6.07) is 10.8. The molecule has 0 fully saturated rings. The number of benzene rings is 1. The number of fused-ring (bicyclic) bond motifs is 1. The minimum Gasteiger partial charge on any atom is -0.361 e. The molecule has 1 aromatic carbocycles. The number of rotatable bonds is 4. The van der Waals surface area contributed by atoms with Crippen LogP contribution in [0.1, 0.15) is 12.0 Å². The number of H-pyrrole nitrogens is 2. The summed E-state index contributed by atoms with van der Waals surface area (Å²) in [4.78, 5) is 25.9. The molecule has 2 aromatic heterocycles. The lowest BCUT2D eigenvalue weighted by atomic mass is 10.1. The van der Waals surface area contributed by atoms with Gasteiger partial charge in [-0.1, -0.05) is 18.2 Å². The number of nitrogens with one attached hydrogen (secondary N) is 3. The van der Waals surface area contributed by atoms with E-state index in [0.29, 0.717) is 18.7 Å². The van der Waals surface area contributed by atoms with Crippen LogP contribution in [-0.2, 0) is 11.2 Å². The molecule has 6 heteroatoms. The number of aryl methyl sites for hydroxylation is 1. The van der Waals surface area contributed by atoms with Crippen molar-refractivity contribution in [3.05, 3.63) is 58.5 Å². The number of hydrogen-bond donors (Lipinski definition) is 3. The predicted octanol–water partition coefficient (Wildman–Crippen LogP) is 1.82. The van der Waals surface area contributed by atoms with E-state index in [1.165, 1.54) is 12.1 Å². The minimum absolute atomic E-state index is 0.139. The van der Waals surface area contributed by atoms with Crippen LogP contribution in [-0.4, -0.2) is 21.1 Å². The molecule has 106 valence electrons. The summed E-state index contributed by atoms with van der Waals surface area (Å²) in [5, 5.41) is 9.79. The van der Waals surface area contributed by atoms with E-state index in [1.807, 2.05) is 30.5 Å². The fraction of sp³-hybridized carbons (Fsp3) is 0.133. The van der Waals surface area contributed by atoms with Gasteiger partial charge in [0.2, 0.25) is 5.91 Å². The van der Waals surface area contributed by atoms with Crippen LogP contribution in [0.15, 0.2) is 47.4 Å². The third-order valence-electron chi connectivity index (χ3n) is 3.24. The van der Waals surface area contributed by atoms with Crippen molar-refractivity contribution in [3.8, 4) is 0 Å². The van der Waals surface area contributed by atoms with E-state index < -0.39 is 0 Å². The molecule has 1 amide bonds. The molecule has 0 bridgehead atoms. The predicted molar refractivity (Wildman–Crippen MR) is 80.1 cm³/mol. The number of anilines is 1. The van der Waals surface area contributed by atoms with Gasteiger partial charge in [-0.3, -0.25) is 9.59 Å². The van der Waals surface area contributed by atoms with E-state index in [-0.39, 0.29) is 11.5 Å². The Labute approximate surface area is 120 Å². The smallest absolute Gasteiger partial charge is 0.264 e. The second-order valence-electron chi connectivity index (χ2n) is 4.71. The lowest BCUT2D eigenvalue weighted by Crippen LogP contribution is -2.15. The first kappa shape index (κ1) is 13.1. The lowest BCUT2D eigenvalue weighted by Gasteiger charge is -2.03. The first-order valence-corrected chi connectivity index (χ1v) is 6.63. The topological polar surface area (TPSA) is 90.6 Å². The van der Waals surface area contributed by atoms with Crippen LogP contribution in [0.3, 0.4) is 0 Å². The highest BCUT2D eigenvalue weighted by molar-refractivity contribution is 5.90. The molecular weight excluding hydrogens is 268 g/mol. The maximum absolute atomic E-state index is 11.9. The summed E-state index contributed by atoms with van der Waals surface area (Å²) in [7, 11) is 0. The van der Waals surface area contributed by atoms with Gasteiger partial charge in [-0.05, 0) is 24.1 Å². The van der Waals surface area contributed by atoms with E-state index >= 15 is 0 Å². The van der Waals surface area contributed by atoms with Crippen LogP contribution in [0, 0.1) is 0 Å². The van der Waals surface area contributed by atoms with Gasteiger partial charge in [-0.15, -0.1) is 0 Å². The van der Waals surface area contributed by atoms with Gasteiger partial charge in [0.05, 0.1) is 0 Å². The minimum atomic E-state index is -0.299. The largest absolute Gasteiger partial charge is 0.361 e. The Morgan fingerprint density at radius 1 is 1.19 bits per heavy atom. The van der Waals surface area contributed by atoms with E-state index in [2.05, 4.69) is 20.5 Å². The molecule has 0 aliphatic rings. The van der Waals surface area contributed by atoms with Crippen molar-refractivity contribution in [3.63, 3.8) is 0 Å². The summed E-state index contributed by atoms with van der Waals surface area (Å²) in [5.74, 6) is 0.207. The Morgan fingerprint density at radius 2 is 2.05 bits per heavy atom. The summed E-state index contributed by atoms with van der Waals surface area (Å²) >= 11 is 0. The van der Waals surface area contributed by atoms with Crippen LogP contribution in [0.5, 0.6) is 0 Å². The molecule has 21 heavy (non-hydrogen) atoms. The number of para-hydroxylation sites is 1. The van der Waals surface area contributed by atoms with Gasteiger partial charge in [0.25, 0.3) is 5.56 Å². The monoisotopic (exact) mass is 282 g/mol. The van der Waals surface area contributed by atoms with Gasteiger partial charge in [0, 0.05) is 29.6 Å². The molecule has 3 N–H and O–H groups in total. The number of hydrogen-bond acceptors (Lipinski definition) is 3. The number of nitrogens with zero attached hydrogens (tertiary/aromatic N) is 1. The first-order valence-electron chi connectivity index (χ1n) is 6.63. The van der Waals surface area contributed by atoms with Gasteiger partial charge in [0.15, 0.2) is 5.82 Å². The van der Waals surface area contributed by atoms with Crippen LogP contribution in [0.2, 0.25) is 0 Å². The number of amides is 1. The molecule has 3 rings (SSSR count). The summed E-state index contributed by atoms with van der Waals surface area (Å²) in [5.41, 5.74) is 1.87. The number of carbonyl (C=O) groups excluding carboxylic acids is 1. The maximum Gasteiger partial charge on any atom is 0.264 e. The van der Waals surface area contributed by atoms with Crippen LogP contribution in [0.25, 0.3) is 10.9 Å². The molecule has 0 aliphatic heterocycles. The highest BCUT2D eigenvalue weighted by atomic mass is 16.1. The summed E-state index contributed by atoms with van der Waals surface area (Å²) in [6.45, 7) is 0. The second kappa shape index (κ2) is 5.62. The van der Waals surface area contributed by atoms with Crippen molar-refractivity contribution < 1.29 is 4.79 Å². The van der Waals surface area contributed by atoms with Gasteiger partial charge in [-0.25, -0.2) is 5.10 Å². The van der Waals surface area contributed by atoms with Crippen molar-refractivity contribution in [2.45, 2.75) is 12.8 Å². The third-order valence-corrected chi connectivity index (χ3v) is 3.24. The highest BCUT2D eigenvalue weighted by Gasteiger charge is 2.07. The molecule has 0 atom stereocenters. The van der Waals surface area contributed by atoms with Crippen molar-refractivity contribution >= 4 is 22.6 Å². The number of carbonyl (C=O) groups is 1. The molecule has 0 saturated carbocycles. The lowest BCUT2D eigenvalue weighted by molar-refractivity contribution is -0.116. The van der Waals surface area contributed by atoms with E-state index in [4.69, 9.17) is 0 Å². The van der Waals surface area contributed by atoms with Gasteiger partial charge >= 0.3 is 0 Å². The molecule has 3 aromatic rings. The molecule has 6 nitrogen and oxygen atoms in total. The zero-order valence-electron chi connectivity index (χ0n) is 11.2. The Morgan fingerprint density at radius 3 is 2.86 bits per heavy atom. The van der Waals surface area contributed by atoms with E-state index in [9.17, 15) is 9.59 Å². The van der Waals surface area contributed by atoms with Gasteiger partial charge in [0.1, 0.15) is 0 Å². The fourth-order valence-corrected chi connectivity index (χ4v) is 2.21. The van der Waals surface area contributed by atoms with Crippen molar-refractivity contribution in [2.24, 2.45) is 0 Å². The second-order valence-corrected chi connectivity index (χ2v) is 4.71. The van der Waals surface area contributed by atoms with Crippen LogP contribution >= 0.6 is 0 Å². The molecule has 0 spiro atoms. The van der Waals surface area contributed by atoms with Gasteiger partial charge < -0.3 is 10.3 Å². The zero-order valence-corrected chi connectivity index (χ0v) is 11.2. The standard InChI is InChI=1S/C15H14N4O2/c20-14(17-13-6-8-15(21)19-18-13)7-5-10-9-16-12-4-2-1-3-11(10)12/h1-4,6,8-9,16H,5,7H2,(H,19,21)(H,17,18,20). The summed E-state index contributed by atoms with van der Waals surface area (Å²) < 4.78 is 0. The first-order chi connectivity index (χ1) is 10.2. The highest BCUT2D eigenvalue weighted by Crippen LogP contribution is 2.19. The number of aromatic amines is 2. The SMILES string of the molecule is O=C(CCc1c[nH]c2ccccc12)Nc1ccc(=O)[nH]n1. The average molecular weight is 282 g/mol.